The van der Waals surface area contributed by atoms with Crippen LogP contribution in [0.4, 0.5) is 11.5 Å². The summed E-state index contributed by atoms with van der Waals surface area (Å²) in [4.78, 5) is 4.06. The Balaban J connectivity index is 2.41. The van der Waals surface area contributed by atoms with Crippen LogP contribution in [-0.4, -0.2) is 12.1 Å². The molecule has 0 saturated heterocycles. The molecule has 0 spiro atoms. The largest absolute Gasteiger partial charge is 0.495 e. The number of hydrogen-bond donors (Lipinski definition) is 1. The highest BCUT2D eigenvalue weighted by atomic mass is 35.5. The first-order valence-electron chi connectivity index (χ1n) is 5.13. The van der Waals surface area contributed by atoms with Crippen molar-refractivity contribution in [3.8, 4) is 5.75 Å². The van der Waals surface area contributed by atoms with Crippen molar-refractivity contribution in [1.82, 2.24) is 4.98 Å². The molecule has 100 valence electrons. The zero-order valence-corrected chi connectivity index (χ0v) is 12.7. The third-order valence-electron chi connectivity index (χ3n) is 2.30. The van der Waals surface area contributed by atoms with Crippen LogP contribution in [0.25, 0.3) is 0 Å². The molecule has 1 heterocycles. The van der Waals surface area contributed by atoms with Crippen LogP contribution in [0.15, 0.2) is 24.3 Å². The smallest absolute Gasteiger partial charge is 0.151 e. The van der Waals surface area contributed by atoms with E-state index in [1.807, 2.05) is 0 Å². The number of ether oxygens (including phenoxy) is 1. The zero-order chi connectivity index (χ0) is 14.0. The Morgan fingerprint density at radius 2 is 1.79 bits per heavy atom. The predicted octanol–water partition coefficient (Wildman–Crippen LogP) is 5.45. The van der Waals surface area contributed by atoms with Gasteiger partial charge < -0.3 is 10.1 Å². The molecule has 1 N–H and O–H groups in total. The summed E-state index contributed by atoms with van der Waals surface area (Å²) in [6.45, 7) is 0. The van der Waals surface area contributed by atoms with E-state index in [4.69, 9.17) is 51.1 Å². The van der Waals surface area contributed by atoms with Gasteiger partial charge in [-0.05, 0) is 24.3 Å². The van der Waals surface area contributed by atoms with Crippen LogP contribution >= 0.6 is 46.4 Å². The van der Waals surface area contributed by atoms with Crippen molar-refractivity contribution in [3.05, 3.63) is 44.5 Å². The molecule has 1 aromatic heterocycles. The highest BCUT2D eigenvalue weighted by Gasteiger charge is 2.11. The van der Waals surface area contributed by atoms with E-state index in [0.717, 1.165) is 0 Å². The number of aromatic nitrogens is 1. The highest BCUT2D eigenvalue weighted by Crippen LogP contribution is 2.34. The van der Waals surface area contributed by atoms with Gasteiger partial charge in [-0.15, -0.1) is 0 Å². The van der Waals surface area contributed by atoms with Gasteiger partial charge in [0.15, 0.2) is 5.82 Å². The summed E-state index contributed by atoms with van der Waals surface area (Å²) in [5, 5.41) is 4.35. The third kappa shape index (κ3) is 3.37. The minimum atomic E-state index is 0.162. The van der Waals surface area contributed by atoms with Crippen molar-refractivity contribution >= 4 is 57.9 Å². The molecule has 0 amide bonds. The van der Waals surface area contributed by atoms with Crippen LogP contribution in [-0.2, 0) is 0 Å². The summed E-state index contributed by atoms with van der Waals surface area (Å²) >= 11 is 23.7. The standard InChI is InChI=1S/C12H8Cl4N2O/c1-19-10-3-2-6(13)4-9(10)17-12-8(15)5-7(14)11(16)18-12/h2-5H,1H3,(H,17,18). The summed E-state index contributed by atoms with van der Waals surface area (Å²) < 4.78 is 5.22. The lowest BCUT2D eigenvalue weighted by molar-refractivity contribution is 0.417. The van der Waals surface area contributed by atoms with Crippen molar-refractivity contribution in [1.29, 1.82) is 0 Å². The van der Waals surface area contributed by atoms with Crippen molar-refractivity contribution in [2.75, 3.05) is 12.4 Å². The molecule has 0 unspecified atom stereocenters. The predicted molar refractivity (Wildman–Crippen MR) is 80.6 cm³/mol. The summed E-state index contributed by atoms with van der Waals surface area (Å²) in [5.74, 6) is 0.977. The van der Waals surface area contributed by atoms with E-state index in [1.54, 1.807) is 25.3 Å². The number of rotatable bonds is 3. The maximum Gasteiger partial charge on any atom is 0.151 e. The van der Waals surface area contributed by atoms with Crippen LogP contribution in [0.2, 0.25) is 20.2 Å². The van der Waals surface area contributed by atoms with Crippen LogP contribution in [0.1, 0.15) is 0 Å². The quantitative estimate of drug-likeness (QED) is 0.756. The number of nitrogens with one attached hydrogen (secondary N) is 1. The molecule has 0 aliphatic rings. The van der Waals surface area contributed by atoms with E-state index >= 15 is 0 Å². The van der Waals surface area contributed by atoms with Gasteiger partial charge in [-0.25, -0.2) is 4.98 Å². The molecule has 0 fully saturated rings. The molecule has 0 radical (unpaired) electrons. The molecule has 3 nitrogen and oxygen atoms in total. The van der Waals surface area contributed by atoms with E-state index in [2.05, 4.69) is 10.3 Å². The van der Waals surface area contributed by atoms with Crippen molar-refractivity contribution in [3.63, 3.8) is 0 Å². The van der Waals surface area contributed by atoms with E-state index in [9.17, 15) is 0 Å². The zero-order valence-electron chi connectivity index (χ0n) is 9.68. The minimum Gasteiger partial charge on any atom is -0.495 e. The maximum atomic E-state index is 6.04. The number of methoxy groups -OCH3 is 1. The van der Waals surface area contributed by atoms with Gasteiger partial charge in [0.2, 0.25) is 0 Å². The fourth-order valence-corrected chi connectivity index (χ4v) is 2.15. The van der Waals surface area contributed by atoms with E-state index in [-0.39, 0.29) is 10.2 Å². The lowest BCUT2D eigenvalue weighted by atomic mass is 10.3. The van der Waals surface area contributed by atoms with Crippen LogP contribution in [0.3, 0.4) is 0 Å². The van der Waals surface area contributed by atoms with Gasteiger partial charge in [0.05, 0.1) is 22.8 Å². The Labute approximate surface area is 130 Å². The van der Waals surface area contributed by atoms with Crippen LogP contribution in [0.5, 0.6) is 5.75 Å². The second-order valence-corrected chi connectivity index (χ2v) is 5.17. The monoisotopic (exact) mass is 336 g/mol. The molecule has 7 heteroatoms. The number of benzene rings is 1. The lowest BCUT2D eigenvalue weighted by Gasteiger charge is -2.12. The van der Waals surface area contributed by atoms with Gasteiger partial charge in [-0.2, -0.15) is 0 Å². The average Bonchev–Trinajstić information content (AvgIpc) is 2.36. The first-order valence-corrected chi connectivity index (χ1v) is 6.64. The first kappa shape index (κ1) is 14.5. The molecule has 19 heavy (non-hydrogen) atoms. The summed E-state index contributed by atoms with van der Waals surface area (Å²) in [5.41, 5.74) is 0.628. The van der Waals surface area contributed by atoms with Crippen molar-refractivity contribution in [2.24, 2.45) is 0 Å². The molecule has 0 saturated carbocycles. The number of anilines is 2. The van der Waals surface area contributed by atoms with Crippen molar-refractivity contribution in [2.45, 2.75) is 0 Å². The SMILES string of the molecule is COc1ccc(Cl)cc1Nc1nc(Cl)c(Cl)cc1Cl. The Morgan fingerprint density at radius 1 is 1.05 bits per heavy atom. The Hall–Kier alpha value is -0.870. The van der Waals surface area contributed by atoms with Gasteiger partial charge in [0.1, 0.15) is 10.9 Å². The van der Waals surface area contributed by atoms with Crippen LogP contribution < -0.4 is 10.1 Å². The normalized spacial score (nSPS) is 10.4. The van der Waals surface area contributed by atoms with Gasteiger partial charge in [0, 0.05) is 5.02 Å². The van der Waals surface area contributed by atoms with Gasteiger partial charge >= 0.3 is 0 Å². The molecule has 1 aromatic carbocycles. The highest BCUT2D eigenvalue weighted by molar-refractivity contribution is 6.43. The van der Waals surface area contributed by atoms with E-state index < -0.39 is 0 Å². The average molecular weight is 338 g/mol. The molecular formula is C12H8Cl4N2O. The van der Waals surface area contributed by atoms with Crippen LogP contribution in [0, 0.1) is 0 Å². The minimum absolute atomic E-state index is 0.162. The molecule has 0 aliphatic heterocycles. The summed E-state index contributed by atoms with van der Waals surface area (Å²) in [6, 6.07) is 6.66. The fourth-order valence-electron chi connectivity index (χ4n) is 1.44. The van der Waals surface area contributed by atoms with E-state index in [1.165, 1.54) is 6.07 Å². The molecule has 0 bridgehead atoms. The van der Waals surface area contributed by atoms with Gasteiger partial charge in [-0.1, -0.05) is 46.4 Å². The van der Waals surface area contributed by atoms with Gasteiger partial charge in [0.25, 0.3) is 0 Å². The molecule has 0 aliphatic carbocycles. The molecule has 2 aromatic rings. The Kier molecular flexibility index (Phi) is 4.63. The topological polar surface area (TPSA) is 34.1 Å². The number of hydrogen-bond acceptors (Lipinski definition) is 3. The second-order valence-electron chi connectivity index (χ2n) is 3.56. The lowest BCUT2D eigenvalue weighted by Crippen LogP contribution is -1.98. The third-order valence-corrected chi connectivity index (χ3v) is 3.50. The number of halogens is 4. The van der Waals surface area contributed by atoms with Crippen molar-refractivity contribution < 1.29 is 4.74 Å². The van der Waals surface area contributed by atoms with Gasteiger partial charge in [-0.3, -0.25) is 0 Å². The Morgan fingerprint density at radius 3 is 2.47 bits per heavy atom. The summed E-state index contributed by atoms with van der Waals surface area (Å²) in [7, 11) is 1.55. The molecular weight excluding hydrogens is 330 g/mol. The molecule has 2 rings (SSSR count). The maximum absolute atomic E-state index is 6.04. The Bertz CT molecular complexity index is 619. The number of nitrogens with zero attached hydrogens (tertiary/aromatic N) is 1. The fraction of sp³-hybridized carbons (Fsp3) is 0.0833. The number of pyridine rings is 1. The first-order chi connectivity index (χ1) is 9.01. The van der Waals surface area contributed by atoms with E-state index in [0.29, 0.717) is 27.3 Å². The summed E-state index contributed by atoms with van der Waals surface area (Å²) in [6.07, 6.45) is 0. The molecule has 0 atom stereocenters. The second kappa shape index (κ2) is 6.06.